The predicted molar refractivity (Wildman–Crippen MR) is 58.4 cm³/mol. The zero-order valence-electron chi connectivity index (χ0n) is 9.75. The predicted octanol–water partition coefficient (Wildman–Crippen LogP) is 1.75. The number of hydrogen-bond acceptors (Lipinski definition) is 2. The lowest BCUT2D eigenvalue weighted by Crippen LogP contribution is -2.56. The van der Waals surface area contributed by atoms with Crippen molar-refractivity contribution in [2.24, 2.45) is 5.92 Å². The molecule has 1 aliphatic heterocycles. The highest BCUT2D eigenvalue weighted by atomic mass is 16.2. The Labute approximate surface area is 91.0 Å². The molecule has 0 aromatic carbocycles. The third-order valence-electron chi connectivity index (χ3n) is 2.92. The number of hydrogen-bond donors (Lipinski definition) is 1. The lowest BCUT2D eigenvalue weighted by Gasteiger charge is -2.35. The van der Waals surface area contributed by atoms with Crippen molar-refractivity contribution in [2.75, 3.05) is 6.54 Å². The average Bonchev–Trinajstić information content (AvgIpc) is 2.20. The van der Waals surface area contributed by atoms with Crippen molar-refractivity contribution in [1.82, 2.24) is 10.2 Å². The molecular weight excluding hydrogens is 192 g/mol. The first-order chi connectivity index (χ1) is 7.06. The van der Waals surface area contributed by atoms with E-state index < -0.39 is 0 Å². The molecule has 1 aliphatic rings. The highest BCUT2D eigenvalue weighted by Gasteiger charge is 2.31. The summed E-state index contributed by atoms with van der Waals surface area (Å²) in [6.45, 7) is 6.57. The number of carbonyl (C=O) groups excluding carboxylic acids is 2. The second-order valence-electron chi connectivity index (χ2n) is 4.34. The molecule has 0 radical (unpaired) electrons. The van der Waals surface area contributed by atoms with Crippen LogP contribution in [-0.2, 0) is 4.79 Å². The van der Waals surface area contributed by atoms with Crippen molar-refractivity contribution < 1.29 is 9.59 Å². The Bertz CT molecular complexity index is 253. The van der Waals surface area contributed by atoms with Gasteiger partial charge < -0.3 is 4.90 Å². The number of rotatable bonds is 4. The van der Waals surface area contributed by atoms with E-state index in [-0.39, 0.29) is 23.9 Å². The first kappa shape index (κ1) is 12.0. The lowest BCUT2D eigenvalue weighted by atomic mass is 10.0. The van der Waals surface area contributed by atoms with Gasteiger partial charge in [0.15, 0.2) is 0 Å². The second-order valence-corrected chi connectivity index (χ2v) is 4.34. The van der Waals surface area contributed by atoms with E-state index in [4.69, 9.17) is 0 Å². The smallest absolute Gasteiger partial charge is 0.321 e. The van der Waals surface area contributed by atoms with Gasteiger partial charge in [-0.3, -0.25) is 10.1 Å². The average molecular weight is 212 g/mol. The topological polar surface area (TPSA) is 49.4 Å². The summed E-state index contributed by atoms with van der Waals surface area (Å²) in [6, 6.07) is -0.0118. The Kier molecular flexibility index (Phi) is 4.12. The summed E-state index contributed by atoms with van der Waals surface area (Å²) in [4.78, 5) is 24.5. The standard InChI is InChI=1S/C11H20N2O2/c1-4-5-6-9(3)13-7-8(2)10(14)12-11(13)15/h8-9H,4-7H2,1-3H3,(H,12,14,15). The van der Waals surface area contributed by atoms with Crippen LogP contribution in [0.25, 0.3) is 0 Å². The first-order valence-electron chi connectivity index (χ1n) is 5.67. The molecular formula is C11H20N2O2. The largest absolute Gasteiger partial charge is 0.324 e. The molecule has 0 saturated carbocycles. The van der Waals surface area contributed by atoms with Gasteiger partial charge in [0.05, 0.1) is 5.92 Å². The summed E-state index contributed by atoms with van der Waals surface area (Å²) < 4.78 is 0. The molecule has 2 atom stereocenters. The fourth-order valence-corrected chi connectivity index (χ4v) is 1.80. The van der Waals surface area contributed by atoms with Crippen LogP contribution in [0.3, 0.4) is 0 Å². The minimum atomic E-state index is -0.235. The van der Waals surface area contributed by atoms with Crippen molar-refractivity contribution >= 4 is 11.9 Å². The van der Waals surface area contributed by atoms with Crippen molar-refractivity contribution in [3.8, 4) is 0 Å². The molecule has 0 bridgehead atoms. The van der Waals surface area contributed by atoms with Crippen molar-refractivity contribution in [3.63, 3.8) is 0 Å². The van der Waals surface area contributed by atoms with Crippen LogP contribution in [0, 0.1) is 5.92 Å². The Morgan fingerprint density at radius 1 is 1.53 bits per heavy atom. The Hall–Kier alpha value is -1.06. The van der Waals surface area contributed by atoms with Crippen LogP contribution in [0.2, 0.25) is 0 Å². The van der Waals surface area contributed by atoms with Gasteiger partial charge >= 0.3 is 6.03 Å². The molecule has 1 heterocycles. The van der Waals surface area contributed by atoms with Crippen LogP contribution < -0.4 is 5.32 Å². The van der Waals surface area contributed by atoms with E-state index in [0.717, 1.165) is 19.3 Å². The van der Waals surface area contributed by atoms with Crippen LogP contribution >= 0.6 is 0 Å². The third kappa shape index (κ3) is 2.94. The number of amides is 3. The molecule has 0 aromatic heterocycles. The maximum atomic E-state index is 11.5. The van der Waals surface area contributed by atoms with E-state index in [1.807, 2.05) is 13.8 Å². The van der Waals surface area contributed by atoms with Crippen molar-refractivity contribution in [2.45, 2.75) is 46.1 Å². The van der Waals surface area contributed by atoms with E-state index in [2.05, 4.69) is 12.2 Å². The molecule has 0 spiro atoms. The van der Waals surface area contributed by atoms with E-state index >= 15 is 0 Å². The van der Waals surface area contributed by atoms with Crippen LogP contribution in [0.5, 0.6) is 0 Å². The summed E-state index contributed by atoms with van der Waals surface area (Å²) in [5.74, 6) is -0.245. The number of carbonyl (C=O) groups is 2. The minimum Gasteiger partial charge on any atom is -0.321 e. The van der Waals surface area contributed by atoms with Crippen molar-refractivity contribution in [3.05, 3.63) is 0 Å². The fraction of sp³-hybridized carbons (Fsp3) is 0.818. The van der Waals surface area contributed by atoms with Gasteiger partial charge in [-0.15, -0.1) is 0 Å². The van der Waals surface area contributed by atoms with Gasteiger partial charge in [0.1, 0.15) is 0 Å². The van der Waals surface area contributed by atoms with Gasteiger partial charge in [-0.2, -0.15) is 0 Å². The van der Waals surface area contributed by atoms with Gasteiger partial charge in [-0.1, -0.05) is 26.7 Å². The summed E-state index contributed by atoms with van der Waals surface area (Å²) in [5.41, 5.74) is 0. The quantitative estimate of drug-likeness (QED) is 0.771. The summed E-state index contributed by atoms with van der Waals surface area (Å²) >= 11 is 0. The molecule has 2 unspecified atom stereocenters. The van der Waals surface area contributed by atoms with Crippen LogP contribution in [-0.4, -0.2) is 29.4 Å². The zero-order valence-corrected chi connectivity index (χ0v) is 9.75. The van der Waals surface area contributed by atoms with Crippen LogP contribution in [0.15, 0.2) is 0 Å². The molecule has 0 aliphatic carbocycles. The lowest BCUT2D eigenvalue weighted by molar-refractivity contribution is -0.125. The van der Waals surface area contributed by atoms with E-state index in [1.54, 1.807) is 4.90 Å². The minimum absolute atomic E-state index is 0.0909. The normalized spacial score (nSPS) is 23.9. The second kappa shape index (κ2) is 5.14. The molecule has 4 heteroatoms. The Morgan fingerprint density at radius 2 is 2.20 bits per heavy atom. The molecule has 1 saturated heterocycles. The van der Waals surface area contributed by atoms with E-state index in [0.29, 0.717) is 6.54 Å². The highest BCUT2D eigenvalue weighted by molar-refractivity contribution is 5.97. The summed E-state index contributed by atoms with van der Waals surface area (Å²) in [6.07, 6.45) is 3.26. The SMILES string of the molecule is CCCCC(C)N1CC(C)C(=O)NC1=O. The molecule has 3 amide bonds. The Balaban J connectivity index is 2.53. The Morgan fingerprint density at radius 3 is 2.80 bits per heavy atom. The summed E-state index contributed by atoms with van der Waals surface area (Å²) in [7, 11) is 0. The van der Waals surface area contributed by atoms with Crippen LogP contribution in [0.1, 0.15) is 40.0 Å². The number of nitrogens with zero attached hydrogens (tertiary/aromatic N) is 1. The van der Waals surface area contributed by atoms with Gasteiger partial charge in [0.2, 0.25) is 5.91 Å². The summed E-state index contributed by atoms with van der Waals surface area (Å²) in [5, 5.41) is 2.38. The van der Waals surface area contributed by atoms with Gasteiger partial charge in [0.25, 0.3) is 0 Å². The molecule has 86 valence electrons. The molecule has 4 nitrogen and oxygen atoms in total. The molecule has 1 N–H and O–H groups in total. The maximum absolute atomic E-state index is 11.5. The number of imide groups is 1. The highest BCUT2D eigenvalue weighted by Crippen LogP contribution is 2.14. The molecule has 15 heavy (non-hydrogen) atoms. The first-order valence-corrected chi connectivity index (χ1v) is 5.67. The van der Waals surface area contributed by atoms with Gasteiger partial charge in [-0.05, 0) is 13.3 Å². The number of unbranched alkanes of at least 4 members (excludes halogenated alkanes) is 1. The van der Waals surface area contributed by atoms with Crippen molar-refractivity contribution in [1.29, 1.82) is 0 Å². The monoisotopic (exact) mass is 212 g/mol. The van der Waals surface area contributed by atoms with Gasteiger partial charge in [-0.25, -0.2) is 4.79 Å². The van der Waals surface area contributed by atoms with E-state index in [1.165, 1.54) is 0 Å². The molecule has 0 aromatic rings. The zero-order chi connectivity index (χ0) is 11.4. The van der Waals surface area contributed by atoms with Crippen LogP contribution in [0.4, 0.5) is 4.79 Å². The number of nitrogens with one attached hydrogen (secondary N) is 1. The van der Waals surface area contributed by atoms with E-state index in [9.17, 15) is 9.59 Å². The molecule has 1 fully saturated rings. The molecule has 1 rings (SSSR count). The maximum Gasteiger partial charge on any atom is 0.324 e. The van der Waals surface area contributed by atoms with Gasteiger partial charge in [0, 0.05) is 12.6 Å². The fourth-order valence-electron chi connectivity index (χ4n) is 1.80. The third-order valence-corrected chi connectivity index (χ3v) is 2.92. The number of urea groups is 1.